The first kappa shape index (κ1) is 11.7. The molecule has 0 aromatic heterocycles. The van der Waals surface area contributed by atoms with Crippen LogP contribution in [0.5, 0.6) is 0 Å². The van der Waals surface area contributed by atoms with Crippen molar-refractivity contribution in [3.63, 3.8) is 0 Å². The van der Waals surface area contributed by atoms with E-state index in [1.807, 2.05) is 0 Å². The van der Waals surface area contributed by atoms with Gasteiger partial charge in [0.2, 0.25) is 0 Å². The third kappa shape index (κ3) is 3.43. The summed E-state index contributed by atoms with van der Waals surface area (Å²) in [7, 11) is 2.12. The molecule has 1 aromatic carbocycles. The van der Waals surface area contributed by atoms with E-state index in [1.165, 1.54) is 16.7 Å². The summed E-state index contributed by atoms with van der Waals surface area (Å²) >= 11 is 3.44. The number of benzene rings is 1. The molecular formula is C12H18BrN. The van der Waals surface area contributed by atoms with E-state index >= 15 is 0 Å². The number of hydrogen-bond donors (Lipinski definition) is 0. The molecule has 78 valence electrons. The zero-order chi connectivity index (χ0) is 10.6. The Morgan fingerprint density at radius 2 is 1.93 bits per heavy atom. The van der Waals surface area contributed by atoms with Gasteiger partial charge in [-0.25, -0.2) is 0 Å². The van der Waals surface area contributed by atoms with Crippen LogP contribution in [-0.2, 0) is 6.42 Å². The molecule has 0 unspecified atom stereocenters. The topological polar surface area (TPSA) is 3.24 Å². The van der Waals surface area contributed by atoms with Crippen molar-refractivity contribution in [2.24, 2.45) is 0 Å². The molecule has 1 rings (SSSR count). The Bertz CT molecular complexity index is 296. The molecule has 0 spiro atoms. The predicted molar refractivity (Wildman–Crippen MR) is 66.0 cm³/mol. The maximum Gasteiger partial charge on any atom is 0.0539 e. The Balaban J connectivity index is 2.55. The van der Waals surface area contributed by atoms with E-state index in [2.05, 4.69) is 59.9 Å². The van der Waals surface area contributed by atoms with E-state index in [0.717, 1.165) is 18.4 Å². The molecule has 0 heterocycles. The molecule has 0 atom stereocenters. The molecule has 0 bridgehead atoms. The minimum Gasteiger partial charge on any atom is -0.296 e. The molecule has 0 saturated carbocycles. The van der Waals surface area contributed by atoms with Crippen LogP contribution >= 0.6 is 15.9 Å². The van der Waals surface area contributed by atoms with Gasteiger partial charge in [-0.1, -0.05) is 34.1 Å². The third-order valence-corrected chi connectivity index (χ3v) is 3.41. The largest absolute Gasteiger partial charge is 0.296 e. The van der Waals surface area contributed by atoms with Crippen molar-refractivity contribution in [3.05, 3.63) is 34.9 Å². The van der Waals surface area contributed by atoms with Crippen molar-refractivity contribution in [2.45, 2.75) is 20.3 Å². The Kier molecular flexibility index (Phi) is 4.63. The summed E-state index contributed by atoms with van der Waals surface area (Å²) in [5, 5.41) is 0. The molecule has 0 aliphatic rings. The molecular weight excluding hydrogens is 238 g/mol. The molecule has 0 aliphatic carbocycles. The second kappa shape index (κ2) is 5.52. The monoisotopic (exact) mass is 255 g/mol. The summed E-state index contributed by atoms with van der Waals surface area (Å²) in [5.74, 6) is 0. The van der Waals surface area contributed by atoms with Crippen molar-refractivity contribution in [1.29, 1.82) is 0 Å². The Labute approximate surface area is 95.2 Å². The number of nitrogens with zero attached hydrogens (tertiary/aromatic N) is 1. The fourth-order valence-electron chi connectivity index (χ4n) is 1.34. The van der Waals surface area contributed by atoms with Crippen LogP contribution in [0.15, 0.2) is 18.2 Å². The molecule has 0 radical (unpaired) electrons. The van der Waals surface area contributed by atoms with Gasteiger partial charge in [-0.3, -0.25) is 4.90 Å². The van der Waals surface area contributed by atoms with Crippen LogP contribution in [0.2, 0.25) is 0 Å². The van der Waals surface area contributed by atoms with Gasteiger partial charge in [0.1, 0.15) is 0 Å². The molecule has 1 aromatic rings. The van der Waals surface area contributed by atoms with Gasteiger partial charge in [0.05, 0.1) is 5.45 Å². The summed E-state index contributed by atoms with van der Waals surface area (Å²) < 4.78 is 0. The van der Waals surface area contributed by atoms with E-state index in [1.54, 1.807) is 0 Å². The van der Waals surface area contributed by atoms with Gasteiger partial charge in [-0.05, 0) is 44.0 Å². The Hall–Kier alpha value is -0.340. The van der Waals surface area contributed by atoms with Gasteiger partial charge < -0.3 is 0 Å². The molecule has 0 fully saturated rings. The highest BCUT2D eigenvalue weighted by molar-refractivity contribution is 9.09. The summed E-state index contributed by atoms with van der Waals surface area (Å²) in [6, 6.07) is 6.72. The number of halogens is 1. The van der Waals surface area contributed by atoms with Crippen molar-refractivity contribution in [2.75, 3.05) is 19.0 Å². The zero-order valence-electron chi connectivity index (χ0n) is 9.18. The smallest absolute Gasteiger partial charge is 0.0539 e. The normalized spacial score (nSPS) is 10.9. The maximum atomic E-state index is 3.44. The highest BCUT2D eigenvalue weighted by Crippen LogP contribution is 2.10. The van der Waals surface area contributed by atoms with Gasteiger partial charge in [-0.15, -0.1) is 0 Å². The lowest BCUT2D eigenvalue weighted by Gasteiger charge is -2.13. The lowest BCUT2D eigenvalue weighted by Crippen LogP contribution is -2.18. The van der Waals surface area contributed by atoms with Crippen LogP contribution in [0.25, 0.3) is 0 Å². The molecule has 14 heavy (non-hydrogen) atoms. The molecule has 0 N–H and O–H groups in total. The van der Waals surface area contributed by atoms with Crippen molar-refractivity contribution in [1.82, 2.24) is 4.90 Å². The second-order valence-electron chi connectivity index (χ2n) is 3.87. The average molecular weight is 256 g/mol. The Morgan fingerprint density at radius 3 is 2.50 bits per heavy atom. The standard InChI is InChI=1S/C12H18BrN/c1-10-4-5-12(8-11(10)2)6-7-14(3)9-13/h4-5,8H,6-7,9H2,1-3H3. The number of rotatable bonds is 4. The quantitative estimate of drug-likeness (QED) is 0.591. The van der Waals surface area contributed by atoms with Crippen molar-refractivity contribution in [3.8, 4) is 0 Å². The van der Waals surface area contributed by atoms with Crippen molar-refractivity contribution < 1.29 is 0 Å². The van der Waals surface area contributed by atoms with Gasteiger partial charge in [-0.2, -0.15) is 0 Å². The third-order valence-electron chi connectivity index (χ3n) is 2.56. The minimum absolute atomic E-state index is 0.942. The molecule has 2 heteroatoms. The number of likely N-dealkylation sites (N-methyl/N-ethyl adjacent to an activating group) is 1. The molecule has 1 nitrogen and oxygen atoms in total. The number of alkyl halides is 1. The second-order valence-corrected chi connectivity index (χ2v) is 4.37. The lowest BCUT2D eigenvalue weighted by molar-refractivity contribution is 0.401. The van der Waals surface area contributed by atoms with Crippen LogP contribution in [-0.4, -0.2) is 23.9 Å². The van der Waals surface area contributed by atoms with E-state index in [0.29, 0.717) is 0 Å². The fourth-order valence-corrected chi connectivity index (χ4v) is 1.59. The average Bonchev–Trinajstić information content (AvgIpc) is 2.19. The lowest BCUT2D eigenvalue weighted by atomic mass is 10.0. The molecule has 0 aliphatic heterocycles. The first-order valence-corrected chi connectivity index (χ1v) is 6.06. The van der Waals surface area contributed by atoms with E-state index in [9.17, 15) is 0 Å². The summed E-state index contributed by atoms with van der Waals surface area (Å²) in [5.41, 5.74) is 5.14. The van der Waals surface area contributed by atoms with E-state index in [4.69, 9.17) is 0 Å². The molecule has 0 saturated heterocycles. The highest BCUT2D eigenvalue weighted by atomic mass is 79.9. The fraction of sp³-hybridized carbons (Fsp3) is 0.500. The Morgan fingerprint density at radius 1 is 1.21 bits per heavy atom. The first-order chi connectivity index (χ1) is 6.63. The number of hydrogen-bond acceptors (Lipinski definition) is 1. The van der Waals surface area contributed by atoms with Crippen LogP contribution in [0, 0.1) is 13.8 Å². The zero-order valence-corrected chi connectivity index (χ0v) is 10.8. The summed E-state index contributed by atoms with van der Waals surface area (Å²) in [4.78, 5) is 2.26. The van der Waals surface area contributed by atoms with Gasteiger partial charge in [0.15, 0.2) is 0 Å². The van der Waals surface area contributed by atoms with Crippen molar-refractivity contribution >= 4 is 15.9 Å². The summed E-state index contributed by atoms with van der Waals surface area (Å²) in [6.45, 7) is 5.44. The van der Waals surface area contributed by atoms with Gasteiger partial charge >= 0.3 is 0 Å². The SMILES string of the molecule is Cc1ccc(CCN(C)CBr)cc1C. The highest BCUT2D eigenvalue weighted by Gasteiger charge is 1.99. The summed E-state index contributed by atoms with van der Waals surface area (Å²) in [6.07, 6.45) is 1.13. The van der Waals surface area contributed by atoms with E-state index < -0.39 is 0 Å². The van der Waals surface area contributed by atoms with Crippen LogP contribution in [0.3, 0.4) is 0 Å². The number of aryl methyl sites for hydroxylation is 2. The van der Waals surface area contributed by atoms with Crippen LogP contribution < -0.4 is 0 Å². The van der Waals surface area contributed by atoms with Crippen LogP contribution in [0.1, 0.15) is 16.7 Å². The van der Waals surface area contributed by atoms with Crippen LogP contribution in [0.4, 0.5) is 0 Å². The maximum absolute atomic E-state index is 3.44. The minimum atomic E-state index is 0.942. The van der Waals surface area contributed by atoms with Gasteiger partial charge in [0.25, 0.3) is 0 Å². The van der Waals surface area contributed by atoms with Gasteiger partial charge in [0, 0.05) is 6.54 Å². The molecule has 0 amide bonds. The van der Waals surface area contributed by atoms with E-state index in [-0.39, 0.29) is 0 Å². The first-order valence-electron chi connectivity index (χ1n) is 4.94. The predicted octanol–water partition coefficient (Wildman–Crippen LogP) is 3.13.